The molecule has 0 fully saturated rings. The average molecular weight is 471 g/mol. The highest BCUT2D eigenvalue weighted by molar-refractivity contribution is 7.17. The largest absolute Gasteiger partial charge is 0.435 e. The minimum absolute atomic E-state index is 0. The Bertz CT molecular complexity index is 1120. The number of alkyl halides is 3. The number of aryl methyl sites for hydroxylation is 1. The summed E-state index contributed by atoms with van der Waals surface area (Å²) in [5, 5.41) is 9.79. The molecule has 4 rings (SSSR count). The molecule has 0 atom stereocenters. The van der Waals surface area contributed by atoms with Gasteiger partial charge in [-0.1, -0.05) is 19.9 Å². The van der Waals surface area contributed by atoms with E-state index in [1.165, 1.54) is 17.3 Å². The molecule has 0 radical (unpaired) electrons. The number of anilines is 1. The lowest BCUT2D eigenvalue weighted by Gasteiger charge is -2.33. The van der Waals surface area contributed by atoms with Gasteiger partial charge in [0.2, 0.25) is 0 Å². The molecule has 1 amide bonds. The van der Waals surface area contributed by atoms with Gasteiger partial charge in [-0.2, -0.15) is 18.3 Å². The van der Waals surface area contributed by atoms with E-state index in [9.17, 15) is 18.0 Å². The van der Waals surface area contributed by atoms with Gasteiger partial charge in [-0.3, -0.25) is 9.48 Å². The summed E-state index contributed by atoms with van der Waals surface area (Å²) < 4.78 is 39.9. The highest BCUT2D eigenvalue weighted by Gasteiger charge is 2.35. The Morgan fingerprint density at radius 3 is 2.65 bits per heavy atom. The Balaban J connectivity index is 0.00000272. The zero-order valence-electron chi connectivity index (χ0n) is 17.1. The van der Waals surface area contributed by atoms with Crippen molar-refractivity contribution < 1.29 is 18.0 Å². The molecule has 3 heterocycles. The number of fused-ring (bicyclic) bond motifs is 1. The van der Waals surface area contributed by atoms with Gasteiger partial charge < -0.3 is 10.6 Å². The summed E-state index contributed by atoms with van der Waals surface area (Å²) in [6.45, 7) is 5.99. The number of halogens is 4. The maximum Gasteiger partial charge on any atom is 0.435 e. The summed E-state index contributed by atoms with van der Waals surface area (Å²) in [6, 6.07) is 10.1. The second kappa shape index (κ2) is 8.29. The molecule has 5 nitrogen and oxygen atoms in total. The first-order valence-electron chi connectivity index (χ1n) is 9.41. The van der Waals surface area contributed by atoms with Crippen LogP contribution in [0, 0.1) is 0 Å². The maximum atomic E-state index is 12.9. The van der Waals surface area contributed by atoms with E-state index in [2.05, 4.69) is 29.6 Å². The standard InChI is InChI=1S/C21H21F3N4OS.ClH/c1-20(2)11-25-10-12-8-13(4-5-14(12)20)26-19(29)17-7-6-16(30-17)15-9-18(21(22,23)24)27-28(15)3;/h4-9,25H,10-11H2,1-3H3,(H,26,29);1H. The lowest BCUT2D eigenvalue weighted by Crippen LogP contribution is -2.38. The van der Waals surface area contributed by atoms with Crippen LogP contribution in [-0.2, 0) is 25.2 Å². The molecule has 1 aromatic carbocycles. The lowest BCUT2D eigenvalue weighted by molar-refractivity contribution is -0.141. The number of amides is 1. The number of aromatic nitrogens is 2. The number of carbonyl (C=O) groups is 1. The van der Waals surface area contributed by atoms with Crippen molar-refractivity contribution in [3.05, 3.63) is 58.1 Å². The summed E-state index contributed by atoms with van der Waals surface area (Å²) in [4.78, 5) is 13.6. The highest BCUT2D eigenvalue weighted by atomic mass is 35.5. The molecule has 1 aliphatic rings. The summed E-state index contributed by atoms with van der Waals surface area (Å²) in [5.41, 5.74) is 2.48. The molecule has 1 aliphatic heterocycles. The minimum Gasteiger partial charge on any atom is -0.321 e. The van der Waals surface area contributed by atoms with Crippen LogP contribution in [0.5, 0.6) is 0 Å². The first-order valence-corrected chi connectivity index (χ1v) is 10.2. The molecule has 31 heavy (non-hydrogen) atoms. The van der Waals surface area contributed by atoms with Gasteiger partial charge in [0.25, 0.3) is 5.91 Å². The van der Waals surface area contributed by atoms with Crippen LogP contribution in [0.15, 0.2) is 36.4 Å². The van der Waals surface area contributed by atoms with Crippen molar-refractivity contribution in [2.75, 3.05) is 11.9 Å². The van der Waals surface area contributed by atoms with Gasteiger partial charge in [0, 0.05) is 31.2 Å². The van der Waals surface area contributed by atoms with Crippen molar-refractivity contribution in [1.82, 2.24) is 15.1 Å². The molecule has 0 aliphatic carbocycles. The SMILES string of the molecule is Cl.Cn1nc(C(F)(F)F)cc1-c1ccc(C(=O)Nc2ccc3c(c2)CNCC3(C)C)s1. The molecule has 166 valence electrons. The zero-order valence-corrected chi connectivity index (χ0v) is 18.8. The fourth-order valence-corrected chi connectivity index (χ4v) is 4.66. The lowest BCUT2D eigenvalue weighted by atomic mass is 9.79. The molecule has 0 saturated carbocycles. The molecule has 0 unspecified atom stereocenters. The predicted octanol–water partition coefficient (Wildman–Crippen LogP) is 5.22. The molecule has 10 heteroatoms. The normalized spacial score (nSPS) is 15.2. The van der Waals surface area contributed by atoms with E-state index in [4.69, 9.17) is 0 Å². The Hall–Kier alpha value is -2.36. The number of nitrogens with zero attached hydrogens (tertiary/aromatic N) is 2. The van der Waals surface area contributed by atoms with Gasteiger partial charge in [0.05, 0.1) is 15.4 Å². The van der Waals surface area contributed by atoms with Gasteiger partial charge in [-0.05, 0) is 41.5 Å². The Kier molecular flexibility index (Phi) is 6.23. The van der Waals surface area contributed by atoms with Crippen LogP contribution in [0.1, 0.15) is 40.3 Å². The van der Waals surface area contributed by atoms with E-state index in [1.807, 2.05) is 18.2 Å². The average Bonchev–Trinajstić information content (AvgIpc) is 3.27. The van der Waals surface area contributed by atoms with Crippen molar-refractivity contribution in [3.63, 3.8) is 0 Å². The minimum atomic E-state index is -4.51. The van der Waals surface area contributed by atoms with Crippen LogP contribution in [0.3, 0.4) is 0 Å². The monoisotopic (exact) mass is 470 g/mol. The molecular weight excluding hydrogens is 449 g/mol. The van der Waals surface area contributed by atoms with E-state index in [-0.39, 0.29) is 23.7 Å². The van der Waals surface area contributed by atoms with Crippen LogP contribution < -0.4 is 10.6 Å². The summed E-state index contributed by atoms with van der Waals surface area (Å²) in [6.07, 6.45) is -4.51. The smallest absolute Gasteiger partial charge is 0.321 e. The fraction of sp³-hybridized carbons (Fsp3) is 0.333. The third kappa shape index (κ3) is 4.63. The fourth-order valence-electron chi connectivity index (χ4n) is 3.71. The van der Waals surface area contributed by atoms with Crippen LogP contribution in [0.4, 0.5) is 18.9 Å². The topological polar surface area (TPSA) is 59.0 Å². The number of nitrogens with one attached hydrogen (secondary N) is 2. The summed E-state index contributed by atoms with van der Waals surface area (Å²) in [5.74, 6) is -0.299. The molecule has 2 N–H and O–H groups in total. The number of rotatable bonds is 3. The van der Waals surface area contributed by atoms with Crippen LogP contribution >= 0.6 is 23.7 Å². The quantitative estimate of drug-likeness (QED) is 0.551. The van der Waals surface area contributed by atoms with Crippen LogP contribution in [0.2, 0.25) is 0 Å². The van der Waals surface area contributed by atoms with E-state index < -0.39 is 11.9 Å². The summed E-state index contributed by atoms with van der Waals surface area (Å²) >= 11 is 1.13. The van der Waals surface area contributed by atoms with Crippen LogP contribution in [-0.4, -0.2) is 22.2 Å². The van der Waals surface area contributed by atoms with Gasteiger partial charge >= 0.3 is 6.18 Å². The molecular formula is C21H22ClF3N4OS. The van der Waals surface area contributed by atoms with E-state index in [1.54, 1.807) is 12.1 Å². The van der Waals surface area contributed by atoms with E-state index in [0.29, 0.717) is 21.1 Å². The van der Waals surface area contributed by atoms with Crippen molar-refractivity contribution in [3.8, 4) is 10.6 Å². The molecule has 3 aromatic rings. The van der Waals surface area contributed by atoms with Crippen molar-refractivity contribution in [2.24, 2.45) is 7.05 Å². The van der Waals surface area contributed by atoms with E-state index >= 15 is 0 Å². The maximum absolute atomic E-state index is 12.9. The Labute approximate surface area is 188 Å². The summed E-state index contributed by atoms with van der Waals surface area (Å²) in [7, 11) is 1.45. The third-order valence-electron chi connectivity index (χ3n) is 5.23. The van der Waals surface area contributed by atoms with E-state index in [0.717, 1.165) is 36.1 Å². The molecule has 0 saturated heterocycles. The number of thiophene rings is 1. The van der Waals surface area contributed by atoms with Crippen molar-refractivity contribution >= 4 is 35.3 Å². The van der Waals surface area contributed by atoms with Gasteiger partial charge in [-0.25, -0.2) is 0 Å². The number of hydrogen-bond donors (Lipinski definition) is 2. The Morgan fingerprint density at radius 1 is 1.23 bits per heavy atom. The van der Waals surface area contributed by atoms with Gasteiger partial charge in [0.15, 0.2) is 5.69 Å². The molecule has 0 bridgehead atoms. The first-order chi connectivity index (χ1) is 14.0. The Morgan fingerprint density at radius 2 is 1.97 bits per heavy atom. The predicted molar refractivity (Wildman–Crippen MR) is 118 cm³/mol. The van der Waals surface area contributed by atoms with Gasteiger partial charge in [0.1, 0.15) is 0 Å². The first kappa shape index (κ1) is 23.3. The second-order valence-electron chi connectivity index (χ2n) is 8.01. The number of carbonyl (C=O) groups excluding carboxylic acids is 1. The molecule has 2 aromatic heterocycles. The van der Waals surface area contributed by atoms with Crippen LogP contribution in [0.25, 0.3) is 10.6 Å². The number of benzene rings is 1. The van der Waals surface area contributed by atoms with Crippen molar-refractivity contribution in [2.45, 2.75) is 32.0 Å². The highest BCUT2D eigenvalue weighted by Crippen LogP contribution is 2.35. The van der Waals surface area contributed by atoms with Crippen molar-refractivity contribution in [1.29, 1.82) is 0 Å². The third-order valence-corrected chi connectivity index (χ3v) is 6.33. The zero-order chi connectivity index (χ0) is 21.7. The number of hydrogen-bond acceptors (Lipinski definition) is 4. The second-order valence-corrected chi connectivity index (χ2v) is 9.10. The molecule has 0 spiro atoms. The van der Waals surface area contributed by atoms with Gasteiger partial charge in [-0.15, -0.1) is 23.7 Å².